The molecule has 5 nitrogen and oxygen atoms in total. The second-order valence-corrected chi connectivity index (χ2v) is 7.07. The number of nitrogens with zero attached hydrogens (tertiary/aromatic N) is 1. The van der Waals surface area contributed by atoms with Gasteiger partial charge in [-0.3, -0.25) is 4.79 Å². The fourth-order valence-electron chi connectivity index (χ4n) is 2.62. The molecule has 1 aromatic rings. The van der Waals surface area contributed by atoms with Gasteiger partial charge in [0, 0.05) is 19.0 Å². The van der Waals surface area contributed by atoms with Crippen LogP contribution in [-0.4, -0.2) is 38.4 Å². The zero-order valence-corrected chi connectivity index (χ0v) is 11.4. The van der Waals surface area contributed by atoms with Crippen molar-refractivity contribution in [1.82, 2.24) is 4.31 Å². The van der Waals surface area contributed by atoms with E-state index in [2.05, 4.69) is 0 Å². The molecule has 0 N–H and O–H groups in total. The van der Waals surface area contributed by atoms with E-state index in [1.54, 1.807) is 24.3 Å². The van der Waals surface area contributed by atoms with Gasteiger partial charge in [0.15, 0.2) is 0 Å². The summed E-state index contributed by atoms with van der Waals surface area (Å²) in [5, 5.41) is 0. The summed E-state index contributed by atoms with van der Waals surface area (Å²) in [4.78, 5) is 11.7. The Kier molecular flexibility index (Phi) is 2.87. The molecule has 0 spiro atoms. The maximum absolute atomic E-state index is 12.5. The largest absolute Gasteiger partial charge is 0.465 e. The molecule has 102 valence electrons. The summed E-state index contributed by atoms with van der Waals surface area (Å²) in [6.07, 6.45) is 0. The van der Waals surface area contributed by atoms with Crippen molar-refractivity contribution in [2.75, 3.05) is 19.7 Å². The maximum atomic E-state index is 12.5. The standard InChI is InChI=1S/C13H15NO4S/c1-9-2-4-11(5-3-9)19(16,17)14-6-10-8-18-13(15)12(10)7-14/h2-5,10,12H,6-8H2,1H3/t10-,12-/m1/s1. The van der Waals surface area contributed by atoms with E-state index in [4.69, 9.17) is 4.74 Å². The highest BCUT2D eigenvalue weighted by molar-refractivity contribution is 7.89. The molecule has 2 saturated heterocycles. The lowest BCUT2D eigenvalue weighted by molar-refractivity contribution is -0.141. The molecule has 2 atom stereocenters. The number of cyclic esters (lactones) is 1. The van der Waals surface area contributed by atoms with E-state index in [1.165, 1.54) is 4.31 Å². The third kappa shape index (κ3) is 2.04. The number of esters is 1. The lowest BCUT2D eigenvalue weighted by atomic mass is 10.0. The summed E-state index contributed by atoms with van der Waals surface area (Å²) in [7, 11) is -3.50. The van der Waals surface area contributed by atoms with Crippen LogP contribution in [0.1, 0.15) is 5.56 Å². The van der Waals surface area contributed by atoms with E-state index in [9.17, 15) is 13.2 Å². The van der Waals surface area contributed by atoms with Crippen molar-refractivity contribution in [1.29, 1.82) is 0 Å². The number of carbonyl (C=O) groups excluding carboxylic acids is 1. The van der Waals surface area contributed by atoms with Gasteiger partial charge in [-0.25, -0.2) is 8.42 Å². The van der Waals surface area contributed by atoms with Crippen molar-refractivity contribution >= 4 is 16.0 Å². The van der Waals surface area contributed by atoms with Gasteiger partial charge in [-0.05, 0) is 19.1 Å². The Labute approximate surface area is 112 Å². The summed E-state index contributed by atoms with van der Waals surface area (Å²) in [6, 6.07) is 6.77. The molecular formula is C13H15NO4S. The number of rotatable bonds is 2. The van der Waals surface area contributed by atoms with Gasteiger partial charge in [-0.1, -0.05) is 17.7 Å². The quantitative estimate of drug-likeness (QED) is 0.752. The number of benzene rings is 1. The van der Waals surface area contributed by atoms with Crippen LogP contribution in [0.25, 0.3) is 0 Å². The topological polar surface area (TPSA) is 63.7 Å². The van der Waals surface area contributed by atoms with E-state index in [0.717, 1.165) is 5.56 Å². The second-order valence-electron chi connectivity index (χ2n) is 5.13. The van der Waals surface area contributed by atoms with Gasteiger partial charge >= 0.3 is 5.97 Å². The van der Waals surface area contributed by atoms with Crippen molar-refractivity contribution in [3.63, 3.8) is 0 Å². The number of hydrogen-bond donors (Lipinski definition) is 0. The molecule has 6 heteroatoms. The predicted octanol–water partition coefficient (Wildman–Crippen LogP) is 0.789. The number of ether oxygens (including phenoxy) is 1. The summed E-state index contributed by atoms with van der Waals surface area (Å²) >= 11 is 0. The molecule has 0 aromatic heterocycles. The minimum Gasteiger partial charge on any atom is -0.465 e. The second kappa shape index (κ2) is 4.31. The molecule has 0 unspecified atom stereocenters. The highest BCUT2D eigenvalue weighted by Gasteiger charge is 2.47. The molecule has 0 bridgehead atoms. The molecule has 0 saturated carbocycles. The molecule has 1 aromatic carbocycles. The van der Waals surface area contributed by atoms with Gasteiger partial charge in [0.1, 0.15) is 0 Å². The van der Waals surface area contributed by atoms with Gasteiger partial charge in [0.25, 0.3) is 0 Å². The van der Waals surface area contributed by atoms with Gasteiger partial charge < -0.3 is 4.74 Å². The van der Waals surface area contributed by atoms with E-state index >= 15 is 0 Å². The Morgan fingerprint density at radius 2 is 1.89 bits per heavy atom. The summed E-state index contributed by atoms with van der Waals surface area (Å²) in [5.41, 5.74) is 1.01. The van der Waals surface area contributed by atoms with Crippen LogP contribution in [0.2, 0.25) is 0 Å². The number of aryl methyl sites for hydroxylation is 1. The van der Waals surface area contributed by atoms with Gasteiger partial charge in [-0.15, -0.1) is 0 Å². The fourth-order valence-corrected chi connectivity index (χ4v) is 4.14. The minimum absolute atomic E-state index is 0.00715. The molecule has 2 aliphatic rings. The molecule has 2 fully saturated rings. The molecule has 0 aliphatic carbocycles. The molecular weight excluding hydrogens is 266 g/mol. The first-order valence-corrected chi connectivity index (χ1v) is 7.66. The molecule has 2 heterocycles. The van der Waals surface area contributed by atoms with Crippen LogP contribution in [0.4, 0.5) is 0 Å². The Morgan fingerprint density at radius 3 is 2.53 bits per heavy atom. The summed E-state index contributed by atoms with van der Waals surface area (Å²) in [5.74, 6) is -0.556. The van der Waals surface area contributed by atoms with E-state index < -0.39 is 10.0 Å². The van der Waals surface area contributed by atoms with Crippen LogP contribution in [0.15, 0.2) is 29.2 Å². The third-order valence-electron chi connectivity index (χ3n) is 3.81. The van der Waals surface area contributed by atoms with Crippen LogP contribution in [0, 0.1) is 18.8 Å². The summed E-state index contributed by atoms with van der Waals surface area (Å²) < 4.78 is 31.3. The Hall–Kier alpha value is -1.40. The lowest BCUT2D eigenvalue weighted by Crippen LogP contribution is -2.31. The van der Waals surface area contributed by atoms with Crippen molar-refractivity contribution in [3.8, 4) is 0 Å². The normalized spacial score (nSPS) is 27.3. The van der Waals surface area contributed by atoms with Crippen molar-refractivity contribution < 1.29 is 17.9 Å². The average Bonchev–Trinajstić information content (AvgIpc) is 2.93. The van der Waals surface area contributed by atoms with Crippen LogP contribution >= 0.6 is 0 Å². The van der Waals surface area contributed by atoms with Gasteiger partial charge in [0.05, 0.1) is 17.4 Å². The smallest absolute Gasteiger partial charge is 0.310 e. The fraction of sp³-hybridized carbons (Fsp3) is 0.462. The van der Waals surface area contributed by atoms with Crippen molar-refractivity contribution in [2.24, 2.45) is 11.8 Å². The van der Waals surface area contributed by atoms with Gasteiger partial charge in [-0.2, -0.15) is 4.31 Å². The van der Waals surface area contributed by atoms with Crippen LogP contribution < -0.4 is 0 Å². The first-order chi connectivity index (χ1) is 8.98. The molecule has 0 amide bonds. The first-order valence-electron chi connectivity index (χ1n) is 6.22. The lowest BCUT2D eigenvalue weighted by Gasteiger charge is -2.17. The summed E-state index contributed by atoms with van der Waals surface area (Å²) in [6.45, 7) is 2.85. The first kappa shape index (κ1) is 12.6. The van der Waals surface area contributed by atoms with Crippen molar-refractivity contribution in [3.05, 3.63) is 29.8 Å². The molecule has 19 heavy (non-hydrogen) atoms. The van der Waals surface area contributed by atoms with Crippen LogP contribution in [0.3, 0.4) is 0 Å². The highest BCUT2D eigenvalue weighted by Crippen LogP contribution is 2.33. The monoisotopic (exact) mass is 281 g/mol. The zero-order valence-electron chi connectivity index (χ0n) is 10.6. The predicted molar refractivity (Wildman–Crippen MR) is 67.9 cm³/mol. The molecule has 0 radical (unpaired) electrons. The van der Waals surface area contributed by atoms with Crippen LogP contribution in [0.5, 0.6) is 0 Å². The SMILES string of the molecule is Cc1ccc(S(=O)(=O)N2C[C@@H]3COC(=O)[C@@H]3C2)cc1. The minimum atomic E-state index is -3.50. The number of sulfonamides is 1. The number of fused-ring (bicyclic) bond motifs is 1. The van der Waals surface area contributed by atoms with Crippen LogP contribution in [-0.2, 0) is 19.6 Å². The highest BCUT2D eigenvalue weighted by atomic mass is 32.2. The Morgan fingerprint density at radius 1 is 1.21 bits per heavy atom. The van der Waals surface area contributed by atoms with E-state index in [-0.39, 0.29) is 29.2 Å². The van der Waals surface area contributed by atoms with Crippen molar-refractivity contribution in [2.45, 2.75) is 11.8 Å². The molecule has 2 aliphatic heterocycles. The van der Waals surface area contributed by atoms with E-state index in [1.807, 2.05) is 6.92 Å². The third-order valence-corrected chi connectivity index (χ3v) is 5.65. The van der Waals surface area contributed by atoms with E-state index in [0.29, 0.717) is 13.2 Å². The molecule has 3 rings (SSSR count). The maximum Gasteiger partial charge on any atom is 0.310 e. The Balaban J connectivity index is 1.86. The number of hydrogen-bond acceptors (Lipinski definition) is 4. The van der Waals surface area contributed by atoms with Gasteiger partial charge in [0.2, 0.25) is 10.0 Å². The number of carbonyl (C=O) groups is 1. The zero-order chi connectivity index (χ0) is 13.6. The average molecular weight is 281 g/mol. The Bertz CT molecular complexity index is 608.